The maximum absolute atomic E-state index is 12.8. The van der Waals surface area contributed by atoms with Crippen LogP contribution >= 0.6 is 0 Å². The molecule has 138 valence electrons. The molecule has 0 radical (unpaired) electrons. The zero-order chi connectivity index (χ0) is 18.8. The molecule has 2 aromatic carbocycles. The fourth-order valence-corrected chi connectivity index (χ4v) is 3.35. The summed E-state index contributed by atoms with van der Waals surface area (Å²) >= 11 is 0. The lowest BCUT2D eigenvalue weighted by molar-refractivity contribution is 0.0735. The van der Waals surface area contributed by atoms with E-state index in [4.69, 9.17) is 9.47 Å². The van der Waals surface area contributed by atoms with Gasteiger partial charge in [-0.3, -0.25) is 9.36 Å². The molecule has 0 amide bonds. The Kier molecular flexibility index (Phi) is 4.62. The lowest BCUT2D eigenvalue weighted by Gasteiger charge is -2.11. The van der Waals surface area contributed by atoms with E-state index in [0.717, 1.165) is 31.5 Å². The molecule has 0 saturated carbocycles. The highest BCUT2D eigenvalue weighted by atomic mass is 16.5. The first-order chi connectivity index (χ1) is 13.2. The summed E-state index contributed by atoms with van der Waals surface area (Å²) in [6.45, 7) is 0.707. The number of ether oxygens (including phenoxy) is 2. The van der Waals surface area contributed by atoms with Gasteiger partial charge in [0.15, 0.2) is 0 Å². The Bertz CT molecular complexity index is 1050. The van der Waals surface area contributed by atoms with Gasteiger partial charge < -0.3 is 9.47 Å². The predicted octanol–water partition coefficient (Wildman–Crippen LogP) is 3.35. The Morgan fingerprint density at radius 3 is 2.59 bits per heavy atom. The van der Waals surface area contributed by atoms with Crippen molar-refractivity contribution in [2.24, 2.45) is 0 Å². The molecule has 1 aromatic heterocycles. The van der Waals surface area contributed by atoms with E-state index in [1.54, 1.807) is 54.1 Å². The zero-order valence-electron chi connectivity index (χ0n) is 15.1. The van der Waals surface area contributed by atoms with Gasteiger partial charge in [-0.05, 0) is 55.3 Å². The van der Waals surface area contributed by atoms with E-state index < -0.39 is 5.97 Å². The Morgan fingerprint density at radius 1 is 1.04 bits per heavy atom. The maximum Gasteiger partial charge on any atom is 0.343 e. The fraction of sp³-hybridized carbons (Fsp3) is 0.286. The summed E-state index contributed by atoms with van der Waals surface area (Å²) in [5.41, 5.74) is 0.869. The summed E-state index contributed by atoms with van der Waals surface area (Å²) in [6.07, 6.45) is 3.90. The highest BCUT2D eigenvalue weighted by Gasteiger charge is 2.16. The minimum absolute atomic E-state index is 0.0352. The second kappa shape index (κ2) is 7.23. The summed E-state index contributed by atoms with van der Waals surface area (Å²) in [5.74, 6) is 1.42. The van der Waals surface area contributed by atoms with E-state index in [-0.39, 0.29) is 5.56 Å². The molecule has 0 atom stereocenters. The Hall–Kier alpha value is -3.15. The second-order valence-corrected chi connectivity index (χ2v) is 6.59. The third-order valence-electron chi connectivity index (χ3n) is 4.82. The van der Waals surface area contributed by atoms with Gasteiger partial charge >= 0.3 is 5.97 Å². The topological polar surface area (TPSA) is 70.4 Å². The van der Waals surface area contributed by atoms with Crippen LogP contribution < -0.4 is 15.0 Å². The van der Waals surface area contributed by atoms with Crippen LogP contribution in [0.4, 0.5) is 0 Å². The van der Waals surface area contributed by atoms with Crippen LogP contribution in [0.25, 0.3) is 10.9 Å². The first-order valence-electron chi connectivity index (χ1n) is 9.05. The van der Waals surface area contributed by atoms with Crippen molar-refractivity contribution < 1.29 is 14.3 Å². The number of carbonyl (C=O) groups is 1. The van der Waals surface area contributed by atoms with E-state index in [2.05, 4.69) is 4.98 Å². The van der Waals surface area contributed by atoms with Gasteiger partial charge in [0.05, 0.1) is 23.6 Å². The van der Waals surface area contributed by atoms with E-state index in [9.17, 15) is 9.59 Å². The lowest BCUT2D eigenvalue weighted by Crippen LogP contribution is -2.24. The van der Waals surface area contributed by atoms with E-state index >= 15 is 0 Å². The van der Waals surface area contributed by atoms with Crippen molar-refractivity contribution in [1.82, 2.24) is 9.55 Å². The number of fused-ring (bicyclic) bond motifs is 2. The second-order valence-electron chi connectivity index (χ2n) is 6.59. The average Bonchev–Trinajstić information content (AvgIpc) is 2.94. The van der Waals surface area contributed by atoms with E-state index in [0.29, 0.717) is 34.5 Å². The molecule has 0 N–H and O–H groups in total. The maximum atomic E-state index is 12.8. The summed E-state index contributed by atoms with van der Waals surface area (Å²) in [7, 11) is 1.58. The number of methoxy groups -OCH3 is 1. The number of hydrogen-bond donors (Lipinski definition) is 0. The number of benzene rings is 2. The van der Waals surface area contributed by atoms with Crippen molar-refractivity contribution in [2.75, 3.05) is 7.11 Å². The van der Waals surface area contributed by atoms with Crippen LogP contribution in [0.3, 0.4) is 0 Å². The van der Waals surface area contributed by atoms with Crippen molar-refractivity contribution in [3.8, 4) is 11.5 Å². The highest BCUT2D eigenvalue weighted by Crippen LogP contribution is 2.20. The predicted molar refractivity (Wildman–Crippen MR) is 102 cm³/mol. The van der Waals surface area contributed by atoms with Crippen LogP contribution in [0.5, 0.6) is 11.5 Å². The monoisotopic (exact) mass is 364 g/mol. The minimum Gasteiger partial charge on any atom is -0.497 e. The molecule has 3 aromatic rings. The summed E-state index contributed by atoms with van der Waals surface area (Å²) in [4.78, 5) is 29.9. The highest BCUT2D eigenvalue weighted by molar-refractivity contribution is 5.95. The molecular formula is C21H20N2O4. The van der Waals surface area contributed by atoms with Gasteiger partial charge in [-0.15, -0.1) is 0 Å². The number of rotatable bonds is 3. The van der Waals surface area contributed by atoms with Crippen LogP contribution in [0, 0.1) is 0 Å². The minimum atomic E-state index is -0.487. The molecule has 6 nitrogen and oxygen atoms in total. The van der Waals surface area contributed by atoms with Crippen molar-refractivity contribution >= 4 is 16.9 Å². The SMILES string of the molecule is COc1ccc(OC(=O)c2ccc3c(=O)n4c(nc3c2)CCCCC4)cc1. The van der Waals surface area contributed by atoms with Crippen molar-refractivity contribution in [2.45, 2.75) is 32.2 Å². The van der Waals surface area contributed by atoms with Gasteiger partial charge in [0.25, 0.3) is 5.56 Å². The zero-order valence-corrected chi connectivity index (χ0v) is 15.1. The van der Waals surface area contributed by atoms with E-state index in [1.165, 1.54) is 0 Å². The number of carbonyl (C=O) groups excluding carboxylic acids is 1. The average molecular weight is 364 g/mol. The van der Waals surface area contributed by atoms with Crippen LogP contribution in [-0.2, 0) is 13.0 Å². The molecule has 0 fully saturated rings. The molecule has 0 saturated heterocycles. The molecule has 0 spiro atoms. The third-order valence-corrected chi connectivity index (χ3v) is 4.82. The lowest BCUT2D eigenvalue weighted by atomic mass is 10.1. The van der Waals surface area contributed by atoms with Crippen LogP contribution in [0.1, 0.15) is 35.4 Å². The number of esters is 1. The first kappa shape index (κ1) is 17.3. The third kappa shape index (κ3) is 3.43. The Morgan fingerprint density at radius 2 is 1.81 bits per heavy atom. The van der Waals surface area contributed by atoms with Crippen LogP contribution in [0.15, 0.2) is 47.3 Å². The smallest absolute Gasteiger partial charge is 0.343 e. The molecule has 1 aliphatic rings. The first-order valence-corrected chi connectivity index (χ1v) is 9.05. The van der Waals surface area contributed by atoms with Gasteiger partial charge in [-0.25, -0.2) is 9.78 Å². The fourth-order valence-electron chi connectivity index (χ4n) is 3.35. The molecule has 0 unspecified atom stereocenters. The normalized spacial score (nSPS) is 13.7. The Balaban J connectivity index is 1.66. The van der Waals surface area contributed by atoms with Gasteiger partial charge in [0.1, 0.15) is 17.3 Å². The van der Waals surface area contributed by atoms with Crippen molar-refractivity contribution in [3.05, 3.63) is 64.2 Å². The molecule has 1 aliphatic heterocycles. The van der Waals surface area contributed by atoms with Crippen LogP contribution in [0.2, 0.25) is 0 Å². The van der Waals surface area contributed by atoms with Gasteiger partial charge in [-0.2, -0.15) is 0 Å². The molecule has 2 heterocycles. The molecular weight excluding hydrogens is 344 g/mol. The number of aromatic nitrogens is 2. The van der Waals surface area contributed by atoms with Gasteiger partial charge in [0, 0.05) is 13.0 Å². The molecule has 6 heteroatoms. The van der Waals surface area contributed by atoms with E-state index in [1.807, 2.05) is 0 Å². The van der Waals surface area contributed by atoms with Crippen molar-refractivity contribution in [3.63, 3.8) is 0 Å². The molecule has 0 aliphatic carbocycles. The largest absolute Gasteiger partial charge is 0.497 e. The quantitative estimate of drug-likeness (QED) is 0.526. The summed E-state index contributed by atoms with van der Waals surface area (Å²) in [6, 6.07) is 11.7. The summed E-state index contributed by atoms with van der Waals surface area (Å²) < 4.78 is 12.3. The molecule has 0 bridgehead atoms. The molecule has 4 rings (SSSR count). The number of nitrogens with zero attached hydrogens (tertiary/aromatic N) is 2. The van der Waals surface area contributed by atoms with Gasteiger partial charge in [0.2, 0.25) is 0 Å². The Labute approximate surface area is 156 Å². The summed E-state index contributed by atoms with van der Waals surface area (Å²) in [5, 5.41) is 0.529. The van der Waals surface area contributed by atoms with Gasteiger partial charge in [-0.1, -0.05) is 6.42 Å². The number of aryl methyl sites for hydroxylation is 1. The molecule has 27 heavy (non-hydrogen) atoms. The van der Waals surface area contributed by atoms with Crippen LogP contribution in [-0.4, -0.2) is 22.6 Å². The number of hydrogen-bond acceptors (Lipinski definition) is 5. The standard InChI is InChI=1S/C21H20N2O4/c1-26-15-7-9-16(10-8-15)27-21(25)14-6-11-17-18(13-14)22-19-5-3-2-4-12-23(19)20(17)24/h6-11,13H,2-5,12H2,1H3. The van der Waals surface area contributed by atoms with Crippen molar-refractivity contribution in [1.29, 1.82) is 0 Å².